The lowest BCUT2D eigenvalue weighted by Crippen LogP contribution is -2.27. The molecule has 0 saturated carbocycles. The van der Waals surface area contributed by atoms with Crippen LogP contribution in [-0.2, 0) is 11.3 Å². The Hall–Kier alpha value is -1.09. The molecule has 8 heteroatoms. The van der Waals surface area contributed by atoms with E-state index in [-0.39, 0.29) is 6.10 Å². The molecule has 0 spiro atoms. The fraction of sp³-hybridized carbons (Fsp3) is 0.769. The van der Waals surface area contributed by atoms with E-state index in [1.807, 2.05) is 4.52 Å². The standard InChI is InChI=1S/C13H20N6OS/c1-3-10(20-8-1)12-15-16-13-19(12)17-11(21-13)9-18-6-2-4-14-5-7-18/h10,14H,1-9H2. The van der Waals surface area contributed by atoms with Gasteiger partial charge in [0.1, 0.15) is 11.1 Å². The van der Waals surface area contributed by atoms with Crippen molar-refractivity contribution in [2.75, 3.05) is 32.8 Å². The lowest BCUT2D eigenvalue weighted by molar-refractivity contribution is 0.103. The zero-order valence-electron chi connectivity index (χ0n) is 12.0. The highest BCUT2D eigenvalue weighted by Crippen LogP contribution is 2.28. The lowest BCUT2D eigenvalue weighted by atomic mass is 10.2. The van der Waals surface area contributed by atoms with Gasteiger partial charge < -0.3 is 10.1 Å². The number of hydrogen-bond acceptors (Lipinski definition) is 7. The summed E-state index contributed by atoms with van der Waals surface area (Å²) in [6.07, 6.45) is 3.38. The van der Waals surface area contributed by atoms with Crippen LogP contribution in [0.3, 0.4) is 0 Å². The summed E-state index contributed by atoms with van der Waals surface area (Å²) in [6.45, 7) is 6.11. The van der Waals surface area contributed by atoms with E-state index in [1.165, 1.54) is 6.42 Å². The van der Waals surface area contributed by atoms with Gasteiger partial charge in [-0.1, -0.05) is 11.3 Å². The molecule has 2 saturated heterocycles. The van der Waals surface area contributed by atoms with Crippen LogP contribution >= 0.6 is 11.3 Å². The van der Waals surface area contributed by atoms with Gasteiger partial charge in [0.2, 0.25) is 4.96 Å². The molecule has 0 bridgehead atoms. The quantitative estimate of drug-likeness (QED) is 0.906. The van der Waals surface area contributed by atoms with Crippen LogP contribution in [0.2, 0.25) is 0 Å². The molecule has 114 valence electrons. The number of ether oxygens (including phenoxy) is 1. The van der Waals surface area contributed by atoms with Crippen LogP contribution < -0.4 is 5.32 Å². The summed E-state index contributed by atoms with van der Waals surface area (Å²) >= 11 is 1.64. The molecular formula is C13H20N6OS. The van der Waals surface area contributed by atoms with E-state index in [0.717, 1.165) is 68.0 Å². The third kappa shape index (κ3) is 2.80. The van der Waals surface area contributed by atoms with Crippen LogP contribution in [0, 0.1) is 0 Å². The van der Waals surface area contributed by atoms with Crippen LogP contribution in [0.15, 0.2) is 0 Å². The monoisotopic (exact) mass is 308 g/mol. The molecule has 0 aliphatic carbocycles. The summed E-state index contributed by atoms with van der Waals surface area (Å²) in [5, 5.41) is 17.8. The minimum absolute atomic E-state index is 0.0670. The van der Waals surface area contributed by atoms with Gasteiger partial charge in [0, 0.05) is 19.7 Å². The Morgan fingerprint density at radius 3 is 3.14 bits per heavy atom. The van der Waals surface area contributed by atoms with Crippen molar-refractivity contribution in [3.8, 4) is 0 Å². The first-order valence-corrected chi connectivity index (χ1v) is 8.47. The molecule has 1 atom stereocenters. The molecule has 1 N–H and O–H groups in total. The number of nitrogens with zero attached hydrogens (tertiary/aromatic N) is 5. The van der Waals surface area contributed by atoms with Crippen LogP contribution in [-0.4, -0.2) is 57.5 Å². The Bertz CT molecular complexity index is 597. The SMILES string of the molecule is C1COC(c2nnc3sc(CN4CCCNCC4)nn23)C1. The molecule has 1 unspecified atom stereocenters. The van der Waals surface area contributed by atoms with Gasteiger partial charge in [-0.2, -0.15) is 9.61 Å². The lowest BCUT2D eigenvalue weighted by Gasteiger charge is -2.17. The predicted molar refractivity (Wildman–Crippen MR) is 79.3 cm³/mol. The molecule has 2 aliphatic heterocycles. The molecule has 2 aromatic rings. The Morgan fingerprint density at radius 2 is 2.24 bits per heavy atom. The van der Waals surface area contributed by atoms with Gasteiger partial charge in [-0.05, 0) is 32.4 Å². The fourth-order valence-corrected chi connectivity index (χ4v) is 3.85. The van der Waals surface area contributed by atoms with Crippen molar-refractivity contribution in [2.24, 2.45) is 0 Å². The largest absolute Gasteiger partial charge is 0.370 e. The molecule has 2 aliphatic rings. The van der Waals surface area contributed by atoms with E-state index in [9.17, 15) is 0 Å². The van der Waals surface area contributed by atoms with Crippen molar-refractivity contribution < 1.29 is 4.74 Å². The van der Waals surface area contributed by atoms with Gasteiger partial charge in [-0.25, -0.2) is 0 Å². The van der Waals surface area contributed by atoms with Crippen LogP contribution in [0.1, 0.15) is 36.2 Å². The highest BCUT2D eigenvalue weighted by molar-refractivity contribution is 7.16. The second-order valence-corrected chi connectivity index (χ2v) is 6.67. The minimum atomic E-state index is 0.0670. The van der Waals surface area contributed by atoms with E-state index in [0.29, 0.717) is 0 Å². The van der Waals surface area contributed by atoms with E-state index in [4.69, 9.17) is 9.84 Å². The summed E-state index contributed by atoms with van der Waals surface area (Å²) in [7, 11) is 0. The Labute approximate surface area is 127 Å². The van der Waals surface area contributed by atoms with E-state index in [2.05, 4.69) is 20.4 Å². The maximum Gasteiger partial charge on any atom is 0.234 e. The van der Waals surface area contributed by atoms with Crippen molar-refractivity contribution in [2.45, 2.75) is 31.9 Å². The van der Waals surface area contributed by atoms with E-state index < -0.39 is 0 Å². The average molecular weight is 308 g/mol. The summed E-state index contributed by atoms with van der Waals surface area (Å²) in [4.78, 5) is 3.33. The third-order valence-electron chi connectivity index (χ3n) is 4.07. The highest BCUT2D eigenvalue weighted by Gasteiger charge is 2.25. The Kier molecular flexibility index (Phi) is 3.85. The average Bonchev–Trinajstić information content (AvgIpc) is 3.14. The minimum Gasteiger partial charge on any atom is -0.370 e. The molecule has 0 aromatic carbocycles. The Morgan fingerprint density at radius 1 is 1.24 bits per heavy atom. The van der Waals surface area contributed by atoms with Crippen molar-refractivity contribution >= 4 is 16.3 Å². The van der Waals surface area contributed by atoms with Crippen LogP contribution in [0.5, 0.6) is 0 Å². The highest BCUT2D eigenvalue weighted by atomic mass is 32.1. The van der Waals surface area contributed by atoms with E-state index >= 15 is 0 Å². The first-order chi connectivity index (χ1) is 10.4. The van der Waals surface area contributed by atoms with Gasteiger partial charge in [-0.15, -0.1) is 10.2 Å². The predicted octanol–water partition coefficient (Wildman–Crippen LogP) is 0.833. The first-order valence-electron chi connectivity index (χ1n) is 7.66. The number of nitrogens with one attached hydrogen (secondary N) is 1. The number of rotatable bonds is 3. The molecular weight excluding hydrogens is 288 g/mol. The van der Waals surface area contributed by atoms with Crippen molar-refractivity contribution in [1.29, 1.82) is 0 Å². The topological polar surface area (TPSA) is 67.6 Å². The molecule has 2 aromatic heterocycles. The van der Waals surface area contributed by atoms with E-state index in [1.54, 1.807) is 11.3 Å². The molecule has 0 amide bonds. The van der Waals surface area contributed by atoms with Gasteiger partial charge in [0.25, 0.3) is 0 Å². The van der Waals surface area contributed by atoms with Crippen LogP contribution in [0.25, 0.3) is 4.96 Å². The van der Waals surface area contributed by atoms with Crippen LogP contribution in [0.4, 0.5) is 0 Å². The summed E-state index contributed by atoms with van der Waals surface area (Å²) in [5.41, 5.74) is 0. The zero-order chi connectivity index (χ0) is 14.1. The Balaban J connectivity index is 1.53. The third-order valence-corrected chi connectivity index (χ3v) is 4.95. The number of hydrogen-bond donors (Lipinski definition) is 1. The zero-order valence-corrected chi connectivity index (χ0v) is 12.8. The van der Waals surface area contributed by atoms with Crippen molar-refractivity contribution in [3.05, 3.63) is 10.8 Å². The molecule has 0 radical (unpaired) electrons. The molecule has 2 fully saturated rings. The van der Waals surface area contributed by atoms with Crippen molar-refractivity contribution in [3.63, 3.8) is 0 Å². The molecule has 21 heavy (non-hydrogen) atoms. The smallest absolute Gasteiger partial charge is 0.234 e. The van der Waals surface area contributed by atoms with Gasteiger partial charge in [0.05, 0.1) is 6.54 Å². The first kappa shape index (κ1) is 13.6. The summed E-state index contributed by atoms with van der Waals surface area (Å²) in [6, 6.07) is 0. The van der Waals surface area contributed by atoms with Gasteiger partial charge in [0.15, 0.2) is 5.82 Å². The van der Waals surface area contributed by atoms with Crippen molar-refractivity contribution in [1.82, 2.24) is 30.0 Å². The molecule has 4 rings (SSSR count). The second kappa shape index (κ2) is 5.96. The van der Waals surface area contributed by atoms with Gasteiger partial charge >= 0.3 is 0 Å². The maximum atomic E-state index is 5.70. The van der Waals surface area contributed by atoms with Gasteiger partial charge in [-0.3, -0.25) is 4.90 Å². The molecule has 7 nitrogen and oxygen atoms in total. The second-order valence-electron chi connectivity index (χ2n) is 5.63. The summed E-state index contributed by atoms with van der Waals surface area (Å²) in [5.74, 6) is 0.863. The fourth-order valence-electron chi connectivity index (χ4n) is 2.97. The normalized spacial score (nSPS) is 24.7. The number of fused-ring (bicyclic) bond motifs is 1. The molecule has 4 heterocycles. The summed E-state index contributed by atoms with van der Waals surface area (Å²) < 4.78 is 7.58. The number of aromatic nitrogens is 4. The maximum absolute atomic E-state index is 5.70.